The quantitative estimate of drug-likeness (QED) is 0.734. The van der Waals surface area contributed by atoms with Crippen LogP contribution in [0.15, 0.2) is 18.6 Å². The summed E-state index contributed by atoms with van der Waals surface area (Å²) in [5, 5.41) is 0. The highest BCUT2D eigenvalue weighted by Gasteiger charge is 2.34. The summed E-state index contributed by atoms with van der Waals surface area (Å²) in [7, 11) is 0. The van der Waals surface area contributed by atoms with Gasteiger partial charge in [0.2, 0.25) is 0 Å². The van der Waals surface area contributed by atoms with Gasteiger partial charge in [0.1, 0.15) is 6.33 Å². The topological polar surface area (TPSA) is 29.0 Å². The van der Waals surface area contributed by atoms with Gasteiger partial charge in [0.25, 0.3) is 0 Å². The van der Waals surface area contributed by atoms with Gasteiger partial charge in [-0.15, -0.1) is 0 Å². The van der Waals surface area contributed by atoms with Crippen LogP contribution in [0.2, 0.25) is 0 Å². The second-order valence-corrected chi connectivity index (χ2v) is 4.72. The van der Waals surface area contributed by atoms with E-state index in [1.165, 1.54) is 44.5 Å². The van der Waals surface area contributed by atoms with E-state index in [-0.39, 0.29) is 0 Å². The molecule has 1 saturated carbocycles. The molecular formula is C12H17N3. The average molecular weight is 203 g/mol. The number of nitrogens with zero attached hydrogens (tertiary/aromatic N) is 3. The third-order valence-corrected chi connectivity index (χ3v) is 3.77. The van der Waals surface area contributed by atoms with Gasteiger partial charge in [-0.3, -0.25) is 4.90 Å². The van der Waals surface area contributed by atoms with Crippen molar-refractivity contribution in [1.82, 2.24) is 14.9 Å². The summed E-state index contributed by atoms with van der Waals surface area (Å²) in [4.78, 5) is 10.9. The number of likely N-dealkylation sites (tertiary alicyclic amines) is 1. The standard InChI is InChI=1S/C12H17N3/c1-2-4-11(3-1)15-7-10(8-15)12-5-6-13-9-14-12/h5-6,9-11H,1-4,7-8H2. The molecular weight excluding hydrogens is 186 g/mol. The summed E-state index contributed by atoms with van der Waals surface area (Å²) in [5.41, 5.74) is 1.22. The van der Waals surface area contributed by atoms with Crippen molar-refractivity contribution < 1.29 is 0 Å². The fourth-order valence-electron chi connectivity index (χ4n) is 2.81. The number of hydrogen-bond acceptors (Lipinski definition) is 3. The Bertz CT molecular complexity index is 313. The molecule has 0 atom stereocenters. The normalized spacial score (nSPS) is 24.3. The molecule has 1 aromatic rings. The average Bonchev–Trinajstić information content (AvgIpc) is 2.70. The van der Waals surface area contributed by atoms with Crippen LogP contribution in [-0.4, -0.2) is 34.0 Å². The predicted molar refractivity (Wildman–Crippen MR) is 58.6 cm³/mol. The maximum atomic E-state index is 4.32. The van der Waals surface area contributed by atoms with Crippen LogP contribution < -0.4 is 0 Å². The maximum absolute atomic E-state index is 4.32. The van der Waals surface area contributed by atoms with Gasteiger partial charge < -0.3 is 0 Å². The third-order valence-electron chi connectivity index (χ3n) is 3.77. The Morgan fingerprint density at radius 2 is 2.00 bits per heavy atom. The molecule has 0 amide bonds. The highest BCUT2D eigenvalue weighted by atomic mass is 15.2. The molecule has 0 aromatic carbocycles. The summed E-state index contributed by atoms with van der Waals surface area (Å²) >= 11 is 0. The molecule has 1 aliphatic carbocycles. The van der Waals surface area contributed by atoms with Crippen LogP contribution in [-0.2, 0) is 0 Å². The molecule has 3 rings (SSSR count). The number of hydrogen-bond donors (Lipinski definition) is 0. The van der Waals surface area contributed by atoms with Gasteiger partial charge in [-0.1, -0.05) is 12.8 Å². The summed E-state index contributed by atoms with van der Waals surface area (Å²) in [6, 6.07) is 2.93. The van der Waals surface area contributed by atoms with Crippen molar-refractivity contribution in [2.24, 2.45) is 0 Å². The summed E-state index contributed by atoms with van der Waals surface area (Å²) in [6.45, 7) is 2.42. The van der Waals surface area contributed by atoms with Crippen molar-refractivity contribution in [3.63, 3.8) is 0 Å². The van der Waals surface area contributed by atoms with Gasteiger partial charge >= 0.3 is 0 Å². The highest BCUT2D eigenvalue weighted by molar-refractivity contribution is 5.12. The Kier molecular flexibility index (Phi) is 2.41. The van der Waals surface area contributed by atoms with E-state index in [0.717, 1.165) is 6.04 Å². The minimum absolute atomic E-state index is 0.661. The first-order valence-electron chi connectivity index (χ1n) is 5.93. The fraction of sp³-hybridized carbons (Fsp3) is 0.667. The predicted octanol–water partition coefficient (Wildman–Crippen LogP) is 1.82. The second kappa shape index (κ2) is 3.89. The van der Waals surface area contributed by atoms with Crippen molar-refractivity contribution in [2.45, 2.75) is 37.6 Å². The summed E-state index contributed by atoms with van der Waals surface area (Å²) in [6.07, 6.45) is 9.19. The van der Waals surface area contributed by atoms with Crippen LogP contribution in [0, 0.1) is 0 Å². The Morgan fingerprint density at radius 3 is 2.67 bits per heavy atom. The molecule has 1 aromatic heterocycles. The van der Waals surface area contributed by atoms with Gasteiger partial charge in [0.05, 0.1) is 0 Å². The Balaban J connectivity index is 1.57. The monoisotopic (exact) mass is 203 g/mol. The van der Waals surface area contributed by atoms with E-state index in [2.05, 4.69) is 20.9 Å². The molecule has 0 bridgehead atoms. The number of aromatic nitrogens is 2. The summed E-state index contributed by atoms with van der Waals surface area (Å²) in [5.74, 6) is 0.661. The first kappa shape index (κ1) is 9.28. The number of rotatable bonds is 2. The lowest BCUT2D eigenvalue weighted by atomic mass is 9.93. The molecule has 15 heavy (non-hydrogen) atoms. The van der Waals surface area contributed by atoms with E-state index in [0.29, 0.717) is 5.92 Å². The van der Waals surface area contributed by atoms with Gasteiger partial charge in [0.15, 0.2) is 0 Å². The van der Waals surface area contributed by atoms with E-state index >= 15 is 0 Å². The van der Waals surface area contributed by atoms with E-state index in [9.17, 15) is 0 Å². The van der Waals surface area contributed by atoms with Crippen molar-refractivity contribution >= 4 is 0 Å². The zero-order valence-electron chi connectivity index (χ0n) is 8.97. The molecule has 80 valence electrons. The van der Waals surface area contributed by atoms with E-state index in [1.54, 1.807) is 6.33 Å². The van der Waals surface area contributed by atoms with Gasteiger partial charge in [-0.25, -0.2) is 9.97 Å². The van der Waals surface area contributed by atoms with Crippen molar-refractivity contribution in [2.75, 3.05) is 13.1 Å². The van der Waals surface area contributed by atoms with Crippen molar-refractivity contribution in [3.05, 3.63) is 24.3 Å². The van der Waals surface area contributed by atoms with Crippen LogP contribution in [0.3, 0.4) is 0 Å². The molecule has 0 N–H and O–H groups in total. The van der Waals surface area contributed by atoms with Crippen LogP contribution >= 0.6 is 0 Å². The Morgan fingerprint density at radius 1 is 1.20 bits per heavy atom. The van der Waals surface area contributed by atoms with Gasteiger partial charge in [-0.2, -0.15) is 0 Å². The highest BCUT2D eigenvalue weighted by Crippen LogP contribution is 2.33. The molecule has 2 fully saturated rings. The first-order chi connectivity index (χ1) is 7.43. The second-order valence-electron chi connectivity index (χ2n) is 4.72. The smallest absolute Gasteiger partial charge is 0.115 e. The summed E-state index contributed by atoms with van der Waals surface area (Å²) < 4.78 is 0. The van der Waals surface area contributed by atoms with Gasteiger partial charge in [0, 0.05) is 36.9 Å². The largest absolute Gasteiger partial charge is 0.299 e. The van der Waals surface area contributed by atoms with Gasteiger partial charge in [-0.05, 0) is 18.9 Å². The lowest BCUT2D eigenvalue weighted by molar-refractivity contribution is 0.0924. The van der Waals surface area contributed by atoms with E-state index in [4.69, 9.17) is 0 Å². The van der Waals surface area contributed by atoms with Crippen LogP contribution in [0.25, 0.3) is 0 Å². The lowest BCUT2D eigenvalue weighted by Gasteiger charge is -2.42. The van der Waals surface area contributed by atoms with Crippen LogP contribution in [0.5, 0.6) is 0 Å². The molecule has 0 spiro atoms. The zero-order chi connectivity index (χ0) is 10.1. The molecule has 3 heteroatoms. The molecule has 3 nitrogen and oxygen atoms in total. The fourth-order valence-corrected chi connectivity index (χ4v) is 2.81. The molecule has 2 aliphatic rings. The molecule has 2 heterocycles. The third kappa shape index (κ3) is 1.76. The first-order valence-corrected chi connectivity index (χ1v) is 5.93. The molecule has 1 saturated heterocycles. The lowest BCUT2D eigenvalue weighted by Crippen LogP contribution is -2.50. The zero-order valence-corrected chi connectivity index (χ0v) is 8.97. The minimum atomic E-state index is 0.661. The van der Waals surface area contributed by atoms with Crippen molar-refractivity contribution in [1.29, 1.82) is 0 Å². The SMILES string of the molecule is c1cc(C2CN(C3CCCC3)C2)ncn1. The molecule has 1 aliphatic heterocycles. The molecule has 0 unspecified atom stereocenters. The Hall–Kier alpha value is -0.960. The van der Waals surface area contributed by atoms with Crippen LogP contribution in [0.4, 0.5) is 0 Å². The van der Waals surface area contributed by atoms with Crippen molar-refractivity contribution in [3.8, 4) is 0 Å². The minimum Gasteiger partial charge on any atom is -0.299 e. The van der Waals surface area contributed by atoms with E-state index < -0.39 is 0 Å². The van der Waals surface area contributed by atoms with Crippen LogP contribution in [0.1, 0.15) is 37.3 Å². The Labute approximate surface area is 90.5 Å². The van der Waals surface area contributed by atoms with E-state index in [1.807, 2.05) is 6.20 Å². The molecule has 0 radical (unpaired) electrons. The maximum Gasteiger partial charge on any atom is 0.115 e.